The van der Waals surface area contributed by atoms with Gasteiger partial charge in [-0.1, -0.05) is 24.4 Å². The smallest absolute Gasteiger partial charge is 0.0410 e. The van der Waals surface area contributed by atoms with Gasteiger partial charge in [-0.05, 0) is 65.1 Å². The molecule has 0 amide bonds. The summed E-state index contributed by atoms with van der Waals surface area (Å²) >= 11 is 8.30. The molecule has 15 heavy (non-hydrogen) atoms. The fourth-order valence-electron chi connectivity index (χ4n) is 1.78. The molecule has 0 heterocycles. The largest absolute Gasteiger partial charge is 0.324 e. The Morgan fingerprint density at radius 1 is 1.47 bits per heavy atom. The molecule has 82 valence electrons. The summed E-state index contributed by atoms with van der Waals surface area (Å²) in [7, 11) is 0. The lowest BCUT2D eigenvalue weighted by atomic mass is 10.0. The molecule has 1 aliphatic carbocycles. The van der Waals surface area contributed by atoms with Gasteiger partial charge in [0.1, 0.15) is 0 Å². The van der Waals surface area contributed by atoms with Crippen LogP contribution in [-0.4, -0.2) is 0 Å². The molecular formula is C12H15ClIN. The molecule has 1 unspecified atom stereocenters. The van der Waals surface area contributed by atoms with E-state index in [0.717, 1.165) is 17.4 Å². The minimum absolute atomic E-state index is 0.149. The zero-order valence-corrected chi connectivity index (χ0v) is 11.5. The lowest BCUT2D eigenvalue weighted by Gasteiger charge is -2.14. The summed E-state index contributed by atoms with van der Waals surface area (Å²) in [6, 6.07) is 6.10. The van der Waals surface area contributed by atoms with Crippen LogP contribution >= 0.6 is 34.2 Å². The first-order valence-corrected chi connectivity index (χ1v) is 6.83. The van der Waals surface area contributed by atoms with Crippen molar-refractivity contribution in [2.45, 2.75) is 31.7 Å². The summed E-state index contributed by atoms with van der Waals surface area (Å²) in [6.45, 7) is 0. The van der Waals surface area contributed by atoms with E-state index in [4.69, 9.17) is 17.3 Å². The van der Waals surface area contributed by atoms with Gasteiger partial charge in [-0.15, -0.1) is 0 Å². The number of hydrogen-bond donors (Lipinski definition) is 1. The average Bonchev–Trinajstić information content (AvgIpc) is 3.02. The van der Waals surface area contributed by atoms with Crippen molar-refractivity contribution in [1.29, 1.82) is 0 Å². The summed E-state index contributed by atoms with van der Waals surface area (Å²) in [5, 5.41) is 0.785. The monoisotopic (exact) mass is 335 g/mol. The highest BCUT2D eigenvalue weighted by Crippen LogP contribution is 2.36. The predicted molar refractivity (Wildman–Crippen MR) is 73.1 cm³/mol. The fourth-order valence-corrected chi connectivity index (χ4v) is 2.69. The highest BCUT2D eigenvalue weighted by atomic mass is 127. The Morgan fingerprint density at radius 2 is 2.20 bits per heavy atom. The SMILES string of the molecule is NC(CCC1CC1)c1cc(Cl)ccc1I. The third-order valence-corrected chi connectivity index (χ3v) is 4.16. The molecule has 0 bridgehead atoms. The van der Waals surface area contributed by atoms with Crippen LogP contribution in [0.25, 0.3) is 0 Å². The van der Waals surface area contributed by atoms with Gasteiger partial charge in [0.25, 0.3) is 0 Å². The molecule has 1 fully saturated rings. The van der Waals surface area contributed by atoms with E-state index in [1.807, 2.05) is 18.2 Å². The van der Waals surface area contributed by atoms with Crippen LogP contribution in [0.15, 0.2) is 18.2 Å². The van der Waals surface area contributed by atoms with Crippen molar-refractivity contribution in [2.75, 3.05) is 0 Å². The van der Waals surface area contributed by atoms with E-state index in [1.165, 1.54) is 28.4 Å². The van der Waals surface area contributed by atoms with Gasteiger partial charge in [-0.2, -0.15) is 0 Å². The summed E-state index contributed by atoms with van der Waals surface area (Å²) in [5.74, 6) is 0.952. The first-order valence-electron chi connectivity index (χ1n) is 5.37. The van der Waals surface area contributed by atoms with Crippen LogP contribution in [-0.2, 0) is 0 Å². The second-order valence-electron chi connectivity index (χ2n) is 4.29. The van der Waals surface area contributed by atoms with E-state index in [9.17, 15) is 0 Å². The Kier molecular flexibility index (Phi) is 3.91. The molecule has 1 aliphatic rings. The van der Waals surface area contributed by atoms with Gasteiger partial charge in [0.05, 0.1) is 0 Å². The first-order chi connectivity index (χ1) is 7.16. The number of benzene rings is 1. The normalized spacial score (nSPS) is 17.8. The van der Waals surface area contributed by atoms with E-state index < -0.39 is 0 Å². The van der Waals surface area contributed by atoms with E-state index >= 15 is 0 Å². The van der Waals surface area contributed by atoms with Crippen molar-refractivity contribution in [3.05, 3.63) is 32.4 Å². The summed E-state index contributed by atoms with van der Waals surface area (Å²) in [6.07, 6.45) is 5.16. The number of hydrogen-bond acceptors (Lipinski definition) is 1. The van der Waals surface area contributed by atoms with Crippen molar-refractivity contribution in [2.24, 2.45) is 11.7 Å². The minimum Gasteiger partial charge on any atom is -0.324 e. The third kappa shape index (κ3) is 3.33. The van der Waals surface area contributed by atoms with Crippen molar-refractivity contribution < 1.29 is 0 Å². The quantitative estimate of drug-likeness (QED) is 0.823. The Bertz CT molecular complexity index is 349. The fraction of sp³-hybridized carbons (Fsp3) is 0.500. The van der Waals surface area contributed by atoms with E-state index in [0.29, 0.717) is 0 Å². The number of halogens is 2. The van der Waals surface area contributed by atoms with E-state index in [2.05, 4.69) is 22.6 Å². The second-order valence-corrected chi connectivity index (χ2v) is 5.89. The van der Waals surface area contributed by atoms with Gasteiger partial charge < -0.3 is 5.73 Å². The van der Waals surface area contributed by atoms with Gasteiger partial charge in [0.15, 0.2) is 0 Å². The van der Waals surface area contributed by atoms with Crippen LogP contribution in [0, 0.1) is 9.49 Å². The summed E-state index contributed by atoms with van der Waals surface area (Å²) < 4.78 is 1.22. The predicted octanol–water partition coefficient (Wildman–Crippen LogP) is 4.13. The highest BCUT2D eigenvalue weighted by Gasteiger charge is 2.22. The topological polar surface area (TPSA) is 26.0 Å². The van der Waals surface area contributed by atoms with Crippen molar-refractivity contribution in [3.63, 3.8) is 0 Å². The van der Waals surface area contributed by atoms with Gasteiger partial charge in [0.2, 0.25) is 0 Å². The standard InChI is InChI=1S/C12H15ClIN/c13-9-4-5-11(14)10(7-9)12(15)6-3-8-1-2-8/h4-5,7-8,12H,1-3,6,15H2. The number of nitrogens with two attached hydrogens (primary N) is 1. The molecule has 1 nitrogen and oxygen atoms in total. The van der Waals surface area contributed by atoms with Crippen LogP contribution in [0.2, 0.25) is 5.02 Å². The Balaban J connectivity index is 2.02. The van der Waals surface area contributed by atoms with Crippen LogP contribution < -0.4 is 5.73 Å². The molecule has 0 spiro atoms. The molecule has 1 aromatic carbocycles. The molecule has 0 aliphatic heterocycles. The van der Waals surface area contributed by atoms with Crippen LogP contribution in [0.3, 0.4) is 0 Å². The molecule has 3 heteroatoms. The third-order valence-electron chi connectivity index (χ3n) is 2.94. The van der Waals surface area contributed by atoms with E-state index in [-0.39, 0.29) is 6.04 Å². The van der Waals surface area contributed by atoms with Crippen molar-refractivity contribution in [1.82, 2.24) is 0 Å². The second kappa shape index (κ2) is 5.02. The maximum Gasteiger partial charge on any atom is 0.0410 e. The number of rotatable bonds is 4. The molecule has 0 aromatic heterocycles. The first kappa shape index (κ1) is 11.7. The molecule has 1 aromatic rings. The molecule has 0 radical (unpaired) electrons. The maximum atomic E-state index is 6.18. The molecule has 1 atom stereocenters. The summed E-state index contributed by atoms with van der Waals surface area (Å²) in [4.78, 5) is 0. The molecule has 0 saturated heterocycles. The van der Waals surface area contributed by atoms with Gasteiger partial charge in [-0.25, -0.2) is 0 Å². The zero-order valence-electron chi connectivity index (χ0n) is 8.55. The van der Waals surface area contributed by atoms with Crippen molar-refractivity contribution in [3.8, 4) is 0 Å². The van der Waals surface area contributed by atoms with Gasteiger partial charge >= 0.3 is 0 Å². The van der Waals surface area contributed by atoms with E-state index in [1.54, 1.807) is 0 Å². The summed E-state index contributed by atoms with van der Waals surface area (Å²) in [5.41, 5.74) is 7.38. The molecule has 2 rings (SSSR count). The maximum absolute atomic E-state index is 6.18. The Morgan fingerprint density at radius 3 is 2.87 bits per heavy atom. The molecule has 2 N–H and O–H groups in total. The Hall–Kier alpha value is 0.200. The van der Waals surface area contributed by atoms with Crippen LogP contribution in [0.1, 0.15) is 37.3 Å². The van der Waals surface area contributed by atoms with Crippen LogP contribution in [0.5, 0.6) is 0 Å². The zero-order chi connectivity index (χ0) is 10.8. The minimum atomic E-state index is 0.149. The van der Waals surface area contributed by atoms with Gasteiger partial charge in [0, 0.05) is 14.6 Å². The van der Waals surface area contributed by atoms with Crippen LogP contribution in [0.4, 0.5) is 0 Å². The lowest BCUT2D eigenvalue weighted by Crippen LogP contribution is -2.12. The van der Waals surface area contributed by atoms with Crippen molar-refractivity contribution >= 4 is 34.2 Å². The Labute approximate surface area is 110 Å². The van der Waals surface area contributed by atoms with Gasteiger partial charge in [-0.3, -0.25) is 0 Å². The molecular weight excluding hydrogens is 320 g/mol. The average molecular weight is 336 g/mol. The molecule has 1 saturated carbocycles. The lowest BCUT2D eigenvalue weighted by molar-refractivity contribution is 0.573. The highest BCUT2D eigenvalue weighted by molar-refractivity contribution is 14.1.